The van der Waals surface area contributed by atoms with Crippen LogP contribution in [0.15, 0.2) is 27.3 Å². The van der Waals surface area contributed by atoms with Gasteiger partial charge >= 0.3 is 6.18 Å². The maximum atomic E-state index is 12.5. The van der Waals surface area contributed by atoms with Crippen LogP contribution in [-0.4, -0.2) is 37.1 Å². The Bertz CT molecular complexity index is 619. The Kier molecular flexibility index (Phi) is 4.24. The van der Waals surface area contributed by atoms with Gasteiger partial charge in [-0.25, -0.2) is 8.42 Å². The van der Waals surface area contributed by atoms with Crippen LogP contribution >= 0.6 is 11.3 Å². The minimum Gasteiger partial charge on any atom is -0.392 e. The smallest absolute Gasteiger partial charge is 0.392 e. The molecule has 0 amide bonds. The SMILES string of the molecule is O=S(=O)(c1cc(CO)cs1)N1CC=C(C(F)(F)F)CC1. The molecule has 1 N–H and O–H groups in total. The second-order valence-electron chi connectivity index (χ2n) is 4.27. The molecule has 2 rings (SSSR count). The number of hydrogen-bond acceptors (Lipinski definition) is 4. The van der Waals surface area contributed by atoms with Crippen molar-refractivity contribution in [2.45, 2.75) is 23.4 Å². The molecule has 0 radical (unpaired) electrons. The van der Waals surface area contributed by atoms with Crippen LogP contribution in [0.4, 0.5) is 13.2 Å². The number of thiophene rings is 1. The highest BCUT2D eigenvalue weighted by Crippen LogP contribution is 2.32. The predicted octanol–water partition coefficient (Wildman–Crippen LogP) is 2.12. The molecule has 0 saturated carbocycles. The van der Waals surface area contributed by atoms with Crippen molar-refractivity contribution >= 4 is 21.4 Å². The fourth-order valence-electron chi connectivity index (χ4n) is 1.82. The molecule has 0 spiro atoms. The maximum absolute atomic E-state index is 12.5. The molecular formula is C11H12F3NO3S2. The van der Waals surface area contributed by atoms with E-state index in [-0.39, 0.29) is 30.3 Å². The number of alkyl halides is 3. The molecule has 1 aliphatic rings. The first kappa shape index (κ1) is 15.5. The van der Waals surface area contributed by atoms with E-state index in [1.807, 2.05) is 0 Å². The van der Waals surface area contributed by atoms with E-state index in [1.54, 1.807) is 0 Å². The van der Waals surface area contributed by atoms with Crippen LogP contribution in [0.1, 0.15) is 12.0 Å². The number of rotatable bonds is 3. The molecule has 4 nitrogen and oxygen atoms in total. The van der Waals surface area contributed by atoms with Crippen molar-refractivity contribution in [1.82, 2.24) is 4.31 Å². The summed E-state index contributed by atoms with van der Waals surface area (Å²) in [6.45, 7) is -0.756. The number of aliphatic hydroxyl groups excluding tert-OH is 1. The van der Waals surface area contributed by atoms with Crippen molar-refractivity contribution in [1.29, 1.82) is 0 Å². The summed E-state index contributed by atoms with van der Waals surface area (Å²) in [5, 5.41) is 10.4. The molecule has 0 atom stereocenters. The molecule has 20 heavy (non-hydrogen) atoms. The Morgan fingerprint density at radius 2 is 2.10 bits per heavy atom. The van der Waals surface area contributed by atoms with Crippen molar-refractivity contribution in [2.75, 3.05) is 13.1 Å². The van der Waals surface area contributed by atoms with Gasteiger partial charge in [0, 0.05) is 18.7 Å². The lowest BCUT2D eigenvalue weighted by Crippen LogP contribution is -2.36. The highest BCUT2D eigenvalue weighted by molar-refractivity contribution is 7.91. The van der Waals surface area contributed by atoms with Gasteiger partial charge in [0.05, 0.1) is 6.61 Å². The van der Waals surface area contributed by atoms with Crippen LogP contribution in [0.3, 0.4) is 0 Å². The first-order valence-electron chi connectivity index (χ1n) is 5.70. The van der Waals surface area contributed by atoms with Crippen molar-refractivity contribution in [2.24, 2.45) is 0 Å². The zero-order valence-corrected chi connectivity index (χ0v) is 11.9. The Hall–Kier alpha value is -0.900. The standard InChI is InChI=1S/C11H12F3NO3S2/c12-11(13,14)9-1-3-15(4-2-9)20(17,18)10-5-8(6-16)7-19-10/h1,5,7,16H,2-4,6H2. The Balaban J connectivity index is 2.19. The predicted molar refractivity (Wildman–Crippen MR) is 67.8 cm³/mol. The largest absolute Gasteiger partial charge is 0.412 e. The van der Waals surface area contributed by atoms with Crippen molar-refractivity contribution in [3.8, 4) is 0 Å². The van der Waals surface area contributed by atoms with Crippen LogP contribution in [0.5, 0.6) is 0 Å². The van der Waals surface area contributed by atoms with Gasteiger partial charge in [-0.3, -0.25) is 0 Å². The quantitative estimate of drug-likeness (QED) is 0.865. The molecule has 0 fully saturated rings. The third-order valence-corrected chi connectivity index (χ3v) is 6.27. The molecule has 9 heteroatoms. The molecule has 1 aliphatic heterocycles. The summed E-state index contributed by atoms with van der Waals surface area (Å²) >= 11 is 0.949. The zero-order chi connectivity index (χ0) is 15.0. The van der Waals surface area contributed by atoms with E-state index >= 15 is 0 Å². The molecule has 0 saturated heterocycles. The molecule has 0 bridgehead atoms. The lowest BCUT2D eigenvalue weighted by Gasteiger charge is -2.26. The normalized spacial score (nSPS) is 18.1. The van der Waals surface area contributed by atoms with Crippen molar-refractivity contribution < 1.29 is 26.7 Å². The van der Waals surface area contributed by atoms with E-state index in [0.29, 0.717) is 5.56 Å². The lowest BCUT2D eigenvalue weighted by molar-refractivity contribution is -0.0953. The van der Waals surface area contributed by atoms with Gasteiger partial charge in [0.2, 0.25) is 0 Å². The number of halogens is 3. The van der Waals surface area contributed by atoms with E-state index in [4.69, 9.17) is 5.11 Å². The third-order valence-electron chi connectivity index (χ3n) is 2.94. The number of hydrogen-bond donors (Lipinski definition) is 1. The summed E-state index contributed by atoms with van der Waals surface area (Å²) in [6, 6.07) is 1.34. The van der Waals surface area contributed by atoms with Gasteiger partial charge in [0.25, 0.3) is 10.0 Å². The number of aliphatic hydroxyl groups is 1. The fraction of sp³-hybridized carbons (Fsp3) is 0.455. The Labute approximate surface area is 118 Å². The molecule has 0 aliphatic carbocycles. The van der Waals surface area contributed by atoms with E-state index in [9.17, 15) is 21.6 Å². The molecule has 112 valence electrons. The molecule has 1 aromatic heterocycles. The van der Waals surface area contributed by atoms with Crippen LogP contribution < -0.4 is 0 Å². The Morgan fingerprint density at radius 1 is 1.40 bits per heavy atom. The van der Waals surface area contributed by atoms with Gasteiger partial charge in [-0.05, 0) is 23.4 Å². The minimum absolute atomic E-state index is 0.0328. The van der Waals surface area contributed by atoms with Crippen LogP contribution in [0, 0.1) is 0 Å². The van der Waals surface area contributed by atoms with E-state index < -0.39 is 21.8 Å². The summed E-state index contributed by atoms with van der Waals surface area (Å²) < 4.78 is 62.9. The second-order valence-corrected chi connectivity index (χ2v) is 7.35. The minimum atomic E-state index is -4.40. The molecule has 0 unspecified atom stereocenters. The van der Waals surface area contributed by atoms with Gasteiger partial charge in [0.1, 0.15) is 4.21 Å². The summed E-state index contributed by atoms with van der Waals surface area (Å²) in [5.74, 6) is 0. The number of nitrogens with zero attached hydrogens (tertiary/aromatic N) is 1. The topological polar surface area (TPSA) is 57.6 Å². The fourth-order valence-corrected chi connectivity index (χ4v) is 4.56. The summed E-state index contributed by atoms with van der Waals surface area (Å²) in [6.07, 6.45) is -3.84. The molecular weight excluding hydrogens is 315 g/mol. The van der Waals surface area contributed by atoms with Crippen molar-refractivity contribution in [3.05, 3.63) is 28.7 Å². The van der Waals surface area contributed by atoms with Crippen LogP contribution in [0.2, 0.25) is 0 Å². The van der Waals surface area contributed by atoms with Gasteiger partial charge in [-0.15, -0.1) is 11.3 Å². The van der Waals surface area contributed by atoms with Gasteiger partial charge in [-0.1, -0.05) is 6.08 Å². The number of sulfonamides is 1. The highest BCUT2D eigenvalue weighted by atomic mass is 32.2. The average molecular weight is 327 g/mol. The van der Waals surface area contributed by atoms with Gasteiger partial charge in [-0.2, -0.15) is 17.5 Å². The first-order chi connectivity index (χ1) is 9.25. The van der Waals surface area contributed by atoms with Gasteiger partial charge < -0.3 is 5.11 Å². The highest BCUT2D eigenvalue weighted by Gasteiger charge is 2.37. The van der Waals surface area contributed by atoms with E-state index in [2.05, 4.69) is 0 Å². The first-order valence-corrected chi connectivity index (χ1v) is 8.02. The summed E-state index contributed by atoms with van der Waals surface area (Å²) in [4.78, 5) is 0. The third kappa shape index (κ3) is 3.05. The average Bonchev–Trinajstić information content (AvgIpc) is 2.87. The Morgan fingerprint density at radius 3 is 2.55 bits per heavy atom. The van der Waals surface area contributed by atoms with E-state index in [0.717, 1.165) is 21.7 Å². The summed E-state index contributed by atoms with van der Waals surface area (Å²) in [7, 11) is -3.79. The van der Waals surface area contributed by atoms with Crippen LogP contribution in [-0.2, 0) is 16.6 Å². The zero-order valence-electron chi connectivity index (χ0n) is 10.2. The second kappa shape index (κ2) is 5.47. The maximum Gasteiger partial charge on any atom is 0.412 e. The molecule has 2 heterocycles. The summed E-state index contributed by atoms with van der Waals surface area (Å²) in [5.41, 5.74) is -0.219. The van der Waals surface area contributed by atoms with E-state index in [1.165, 1.54) is 11.4 Å². The molecule has 1 aromatic rings. The van der Waals surface area contributed by atoms with Gasteiger partial charge in [0.15, 0.2) is 0 Å². The molecule has 0 aromatic carbocycles. The lowest BCUT2D eigenvalue weighted by atomic mass is 10.1. The monoisotopic (exact) mass is 327 g/mol. The van der Waals surface area contributed by atoms with Crippen LogP contribution in [0.25, 0.3) is 0 Å². The van der Waals surface area contributed by atoms with Crippen molar-refractivity contribution in [3.63, 3.8) is 0 Å².